The topological polar surface area (TPSA) is 34.9 Å². The lowest BCUT2D eigenvalue weighted by molar-refractivity contribution is 0.0990. The molecular weight excluding hydrogens is 259 g/mol. The van der Waals surface area contributed by atoms with Gasteiger partial charge in [0.15, 0.2) is 5.78 Å². The van der Waals surface area contributed by atoms with Crippen molar-refractivity contribution in [2.24, 2.45) is 7.05 Å². The van der Waals surface area contributed by atoms with Crippen LogP contribution in [-0.4, -0.2) is 15.3 Å². The summed E-state index contributed by atoms with van der Waals surface area (Å²) in [5.74, 6) is 0.693. The molecule has 0 N–H and O–H groups in total. The van der Waals surface area contributed by atoms with Crippen LogP contribution in [0.2, 0.25) is 10.0 Å². The van der Waals surface area contributed by atoms with Crippen LogP contribution in [-0.2, 0) is 13.5 Å². The van der Waals surface area contributed by atoms with Gasteiger partial charge in [-0.3, -0.25) is 4.79 Å². The number of aromatic nitrogens is 2. The second-order valence-corrected chi connectivity index (χ2v) is 4.50. The molecule has 17 heavy (non-hydrogen) atoms. The molecule has 2 aromatic rings. The number of carbonyl (C=O) groups is 1. The standard InChI is InChI=1S/C12H10Cl2N2O/c1-16-5-4-15-12(16)7-11(17)8-2-3-9(13)10(14)6-8/h2-6H,7H2,1H3. The molecule has 0 aliphatic rings. The number of ketones is 1. The Morgan fingerprint density at radius 2 is 2.12 bits per heavy atom. The minimum atomic E-state index is -0.0298. The zero-order valence-electron chi connectivity index (χ0n) is 9.15. The van der Waals surface area contributed by atoms with Gasteiger partial charge in [-0.25, -0.2) is 4.98 Å². The van der Waals surface area contributed by atoms with Gasteiger partial charge in [-0.1, -0.05) is 23.2 Å². The predicted octanol–water partition coefficient (Wildman–Crippen LogP) is 3.15. The molecule has 0 unspecified atom stereocenters. The van der Waals surface area contributed by atoms with Crippen LogP contribution in [0, 0.1) is 0 Å². The highest BCUT2D eigenvalue weighted by molar-refractivity contribution is 6.42. The summed E-state index contributed by atoms with van der Waals surface area (Å²) in [6.07, 6.45) is 3.72. The van der Waals surface area contributed by atoms with E-state index in [1.807, 2.05) is 11.6 Å². The van der Waals surface area contributed by atoms with Crippen molar-refractivity contribution < 1.29 is 4.79 Å². The molecule has 0 amide bonds. The van der Waals surface area contributed by atoms with Crippen molar-refractivity contribution in [3.63, 3.8) is 0 Å². The number of imidazole rings is 1. The van der Waals surface area contributed by atoms with E-state index in [0.717, 1.165) is 5.82 Å². The maximum Gasteiger partial charge on any atom is 0.170 e. The lowest BCUT2D eigenvalue weighted by Crippen LogP contribution is -2.08. The molecule has 0 fully saturated rings. The van der Waals surface area contributed by atoms with Crippen molar-refractivity contribution in [1.82, 2.24) is 9.55 Å². The molecule has 0 atom stereocenters. The van der Waals surface area contributed by atoms with Crippen molar-refractivity contribution in [1.29, 1.82) is 0 Å². The first-order valence-corrected chi connectivity index (χ1v) is 5.78. The monoisotopic (exact) mass is 268 g/mol. The van der Waals surface area contributed by atoms with Crippen molar-refractivity contribution >= 4 is 29.0 Å². The fraction of sp³-hybridized carbons (Fsp3) is 0.167. The molecule has 5 heteroatoms. The SMILES string of the molecule is Cn1ccnc1CC(=O)c1ccc(Cl)c(Cl)c1. The van der Waals surface area contributed by atoms with Gasteiger partial charge in [-0.2, -0.15) is 0 Å². The largest absolute Gasteiger partial charge is 0.338 e. The van der Waals surface area contributed by atoms with Gasteiger partial charge in [0, 0.05) is 25.0 Å². The van der Waals surface area contributed by atoms with E-state index < -0.39 is 0 Å². The Kier molecular flexibility index (Phi) is 3.50. The normalized spacial score (nSPS) is 10.5. The minimum absolute atomic E-state index is 0.0298. The van der Waals surface area contributed by atoms with E-state index in [4.69, 9.17) is 23.2 Å². The van der Waals surface area contributed by atoms with Crippen molar-refractivity contribution in [2.45, 2.75) is 6.42 Å². The Hall–Kier alpha value is -1.32. The molecule has 1 aromatic carbocycles. The van der Waals surface area contributed by atoms with Crippen LogP contribution in [0.3, 0.4) is 0 Å². The summed E-state index contributed by atoms with van der Waals surface area (Å²) in [5, 5.41) is 0.831. The van der Waals surface area contributed by atoms with E-state index in [2.05, 4.69) is 4.98 Å². The summed E-state index contributed by atoms with van der Waals surface area (Å²) in [4.78, 5) is 16.1. The molecule has 0 aliphatic heterocycles. The molecule has 2 rings (SSSR count). The van der Waals surface area contributed by atoms with Gasteiger partial charge in [-0.15, -0.1) is 0 Å². The Balaban J connectivity index is 2.20. The molecule has 0 saturated carbocycles. The number of Topliss-reactive ketones (excluding diaryl/α,β-unsaturated/α-hetero) is 1. The van der Waals surface area contributed by atoms with Gasteiger partial charge in [-0.05, 0) is 18.2 Å². The predicted molar refractivity (Wildman–Crippen MR) is 67.7 cm³/mol. The van der Waals surface area contributed by atoms with Crippen molar-refractivity contribution in [3.8, 4) is 0 Å². The van der Waals surface area contributed by atoms with Crippen LogP contribution in [0.15, 0.2) is 30.6 Å². The molecule has 0 bridgehead atoms. The number of nitrogens with zero attached hydrogens (tertiary/aromatic N) is 2. The average molecular weight is 269 g/mol. The van der Waals surface area contributed by atoms with E-state index in [0.29, 0.717) is 15.6 Å². The molecule has 0 aliphatic carbocycles. The summed E-state index contributed by atoms with van der Waals surface area (Å²) in [5.41, 5.74) is 0.544. The molecule has 88 valence electrons. The Morgan fingerprint density at radius 3 is 2.71 bits per heavy atom. The van der Waals surface area contributed by atoms with Gasteiger partial charge in [0.1, 0.15) is 5.82 Å². The Bertz CT molecular complexity index is 563. The summed E-state index contributed by atoms with van der Waals surface area (Å²) in [6.45, 7) is 0. The van der Waals surface area contributed by atoms with Crippen LogP contribution in [0.5, 0.6) is 0 Å². The van der Waals surface area contributed by atoms with E-state index in [-0.39, 0.29) is 12.2 Å². The maximum absolute atomic E-state index is 12.0. The smallest absolute Gasteiger partial charge is 0.170 e. The maximum atomic E-state index is 12.0. The van der Waals surface area contributed by atoms with E-state index in [9.17, 15) is 4.79 Å². The number of hydrogen-bond donors (Lipinski definition) is 0. The minimum Gasteiger partial charge on any atom is -0.338 e. The zero-order chi connectivity index (χ0) is 12.4. The second-order valence-electron chi connectivity index (χ2n) is 3.68. The first-order valence-electron chi connectivity index (χ1n) is 5.02. The summed E-state index contributed by atoms with van der Waals surface area (Å²) >= 11 is 11.7. The number of aryl methyl sites for hydroxylation is 1. The highest BCUT2D eigenvalue weighted by Crippen LogP contribution is 2.23. The van der Waals surface area contributed by atoms with Crippen molar-refractivity contribution in [2.75, 3.05) is 0 Å². The first-order chi connectivity index (χ1) is 8.08. The molecule has 0 saturated heterocycles. The molecule has 0 radical (unpaired) electrons. The molecule has 3 nitrogen and oxygen atoms in total. The number of rotatable bonds is 3. The highest BCUT2D eigenvalue weighted by Gasteiger charge is 2.11. The third-order valence-corrected chi connectivity index (χ3v) is 3.22. The van der Waals surface area contributed by atoms with Crippen LogP contribution in [0.4, 0.5) is 0 Å². The summed E-state index contributed by atoms with van der Waals surface area (Å²) in [6, 6.07) is 4.87. The lowest BCUT2D eigenvalue weighted by Gasteiger charge is -2.03. The lowest BCUT2D eigenvalue weighted by atomic mass is 10.1. The number of benzene rings is 1. The zero-order valence-corrected chi connectivity index (χ0v) is 10.7. The van der Waals surface area contributed by atoms with Crippen LogP contribution in [0.25, 0.3) is 0 Å². The highest BCUT2D eigenvalue weighted by atomic mass is 35.5. The molecular formula is C12H10Cl2N2O. The Morgan fingerprint density at radius 1 is 1.35 bits per heavy atom. The van der Waals surface area contributed by atoms with E-state index in [1.54, 1.807) is 30.6 Å². The third kappa shape index (κ3) is 2.68. The van der Waals surface area contributed by atoms with Gasteiger partial charge in [0.25, 0.3) is 0 Å². The Labute approximate surface area is 109 Å². The number of halogens is 2. The van der Waals surface area contributed by atoms with Crippen LogP contribution < -0.4 is 0 Å². The fourth-order valence-electron chi connectivity index (χ4n) is 1.48. The summed E-state index contributed by atoms with van der Waals surface area (Å²) in [7, 11) is 1.85. The van der Waals surface area contributed by atoms with Crippen LogP contribution in [0.1, 0.15) is 16.2 Å². The third-order valence-electron chi connectivity index (χ3n) is 2.48. The molecule has 0 spiro atoms. The quantitative estimate of drug-likeness (QED) is 0.802. The summed E-state index contributed by atoms with van der Waals surface area (Å²) < 4.78 is 1.81. The van der Waals surface area contributed by atoms with Gasteiger partial charge in [0.05, 0.1) is 16.5 Å². The second kappa shape index (κ2) is 4.90. The first kappa shape index (κ1) is 12.1. The van der Waals surface area contributed by atoms with Gasteiger partial charge >= 0.3 is 0 Å². The number of carbonyl (C=O) groups excluding carboxylic acids is 1. The molecule has 1 aromatic heterocycles. The van der Waals surface area contributed by atoms with E-state index in [1.165, 1.54) is 0 Å². The van der Waals surface area contributed by atoms with E-state index >= 15 is 0 Å². The van der Waals surface area contributed by atoms with Crippen LogP contribution >= 0.6 is 23.2 Å². The molecule has 1 heterocycles. The fourth-order valence-corrected chi connectivity index (χ4v) is 1.78. The van der Waals surface area contributed by atoms with Crippen molar-refractivity contribution in [3.05, 3.63) is 52.0 Å². The average Bonchev–Trinajstić information content (AvgIpc) is 2.68. The number of hydrogen-bond acceptors (Lipinski definition) is 2. The van der Waals surface area contributed by atoms with Gasteiger partial charge in [0.2, 0.25) is 0 Å². The van der Waals surface area contributed by atoms with Gasteiger partial charge < -0.3 is 4.57 Å².